The summed E-state index contributed by atoms with van der Waals surface area (Å²) in [5.74, 6) is 0. The third kappa shape index (κ3) is 2.59. The molecule has 0 atom stereocenters. The van der Waals surface area contributed by atoms with Crippen molar-refractivity contribution in [2.24, 2.45) is 5.29 Å². The predicted octanol–water partition coefficient (Wildman–Crippen LogP) is 3.30. The molecule has 0 heterocycles. The number of nitroso groups, excluding NO2 is 1. The van der Waals surface area contributed by atoms with Crippen LogP contribution in [0, 0.1) is 4.91 Å². The smallest absolute Gasteiger partial charge is 0.0616 e. The second kappa shape index (κ2) is 3.82. The van der Waals surface area contributed by atoms with E-state index in [4.69, 9.17) is 0 Å². The highest BCUT2D eigenvalue weighted by Crippen LogP contribution is 2.22. The van der Waals surface area contributed by atoms with Gasteiger partial charge in [0.25, 0.3) is 0 Å². The third-order valence-corrected chi connectivity index (χ3v) is 1.95. The summed E-state index contributed by atoms with van der Waals surface area (Å²) in [6, 6.07) is 5.38. The molecule has 3 nitrogen and oxygen atoms in total. The number of halogens is 2. The second-order valence-corrected chi connectivity index (χ2v) is 3.69. The molecule has 0 spiro atoms. The Kier molecular flexibility index (Phi) is 3.02. The molecule has 0 aliphatic rings. The molecule has 0 aliphatic carbocycles. The van der Waals surface area contributed by atoms with Crippen LogP contribution >= 0.6 is 31.9 Å². The lowest BCUT2D eigenvalue weighted by Crippen LogP contribution is -1.85. The fourth-order valence-electron chi connectivity index (χ4n) is 0.671. The molecule has 0 saturated heterocycles. The maximum atomic E-state index is 9.81. The van der Waals surface area contributed by atoms with Crippen LogP contribution in [0.1, 0.15) is 0 Å². The Morgan fingerprint density at radius 2 is 1.73 bits per heavy atom. The molecule has 1 rings (SSSR count). The average Bonchev–Trinajstić information content (AvgIpc) is 1.85. The Hall–Kier alpha value is -0.420. The molecule has 58 valence electrons. The van der Waals surface area contributed by atoms with Gasteiger partial charge >= 0.3 is 0 Å². The number of hydrogen-bond donors (Lipinski definition) is 1. The van der Waals surface area contributed by atoms with Gasteiger partial charge in [-0.3, -0.25) is 0 Å². The molecule has 11 heavy (non-hydrogen) atoms. The fraction of sp³-hybridized carbons (Fsp3) is 0. The van der Waals surface area contributed by atoms with E-state index in [0.29, 0.717) is 5.69 Å². The largest absolute Gasteiger partial charge is 0.242 e. The Labute approximate surface area is 80.4 Å². The normalized spacial score (nSPS) is 9.27. The van der Waals surface area contributed by atoms with Crippen LogP contribution in [0.5, 0.6) is 0 Å². The van der Waals surface area contributed by atoms with Crippen molar-refractivity contribution in [3.8, 4) is 0 Å². The van der Waals surface area contributed by atoms with E-state index in [1.807, 2.05) is 6.07 Å². The van der Waals surface area contributed by atoms with Crippen LogP contribution in [0.2, 0.25) is 0 Å². The number of anilines is 1. The van der Waals surface area contributed by atoms with Gasteiger partial charge in [-0.2, -0.15) is 0 Å². The van der Waals surface area contributed by atoms with Crippen molar-refractivity contribution in [1.82, 2.24) is 0 Å². The van der Waals surface area contributed by atoms with Crippen molar-refractivity contribution in [3.63, 3.8) is 0 Å². The standard InChI is InChI=1S/C6H4Br2N2O/c7-4-1-5(8)3-6(2-4)9-10-11/h1-3H,(H,9,11). The third-order valence-electron chi connectivity index (χ3n) is 1.04. The maximum Gasteiger partial charge on any atom is 0.0616 e. The van der Waals surface area contributed by atoms with Crippen molar-refractivity contribution in [3.05, 3.63) is 32.1 Å². The minimum Gasteiger partial charge on any atom is -0.242 e. The summed E-state index contributed by atoms with van der Waals surface area (Å²) in [6.45, 7) is 0. The SMILES string of the molecule is O=NNc1cc(Br)cc(Br)c1. The van der Waals surface area contributed by atoms with Gasteiger partial charge in [-0.1, -0.05) is 31.9 Å². The van der Waals surface area contributed by atoms with Gasteiger partial charge in [-0.15, -0.1) is 4.91 Å². The van der Waals surface area contributed by atoms with Crippen LogP contribution in [0.4, 0.5) is 5.69 Å². The van der Waals surface area contributed by atoms with Crippen molar-refractivity contribution in [1.29, 1.82) is 0 Å². The Balaban J connectivity index is 2.98. The van der Waals surface area contributed by atoms with Crippen LogP contribution in [-0.4, -0.2) is 0 Å². The minimum atomic E-state index is 0.654. The summed E-state index contributed by atoms with van der Waals surface area (Å²) < 4.78 is 1.77. The lowest BCUT2D eigenvalue weighted by atomic mass is 10.3. The summed E-state index contributed by atoms with van der Waals surface area (Å²) >= 11 is 6.54. The highest BCUT2D eigenvalue weighted by molar-refractivity contribution is 9.11. The van der Waals surface area contributed by atoms with Crippen molar-refractivity contribution < 1.29 is 0 Å². The monoisotopic (exact) mass is 278 g/mol. The van der Waals surface area contributed by atoms with Crippen LogP contribution in [0.15, 0.2) is 32.4 Å². The fourth-order valence-corrected chi connectivity index (χ4v) is 1.96. The summed E-state index contributed by atoms with van der Waals surface area (Å²) in [5.41, 5.74) is 2.95. The molecule has 0 saturated carbocycles. The number of nitrogens with one attached hydrogen (secondary N) is 1. The zero-order valence-electron chi connectivity index (χ0n) is 5.34. The molecule has 0 bridgehead atoms. The van der Waals surface area contributed by atoms with E-state index in [0.717, 1.165) is 8.95 Å². The summed E-state index contributed by atoms with van der Waals surface area (Å²) in [5, 5.41) is 2.55. The van der Waals surface area contributed by atoms with Gasteiger partial charge in [0.15, 0.2) is 0 Å². The highest BCUT2D eigenvalue weighted by Gasteiger charge is 1.95. The minimum absolute atomic E-state index is 0.654. The Morgan fingerprint density at radius 1 is 1.18 bits per heavy atom. The maximum absolute atomic E-state index is 9.81. The molecule has 0 aromatic heterocycles. The predicted molar refractivity (Wildman–Crippen MR) is 51.3 cm³/mol. The van der Waals surface area contributed by atoms with Gasteiger partial charge in [0.05, 0.1) is 11.0 Å². The first-order valence-corrected chi connectivity index (χ1v) is 4.35. The van der Waals surface area contributed by atoms with E-state index in [-0.39, 0.29) is 0 Å². The van der Waals surface area contributed by atoms with Gasteiger partial charge in [-0.05, 0) is 18.2 Å². The van der Waals surface area contributed by atoms with E-state index in [1.54, 1.807) is 12.1 Å². The Bertz CT molecular complexity index is 257. The van der Waals surface area contributed by atoms with Gasteiger partial charge in [0.1, 0.15) is 0 Å². The summed E-state index contributed by atoms with van der Waals surface area (Å²) in [6.07, 6.45) is 0. The first-order valence-electron chi connectivity index (χ1n) is 2.77. The molecule has 1 N–H and O–H groups in total. The molecule has 0 aliphatic heterocycles. The molecule has 0 radical (unpaired) electrons. The number of rotatable bonds is 2. The van der Waals surface area contributed by atoms with E-state index in [1.165, 1.54) is 0 Å². The number of benzene rings is 1. The van der Waals surface area contributed by atoms with Crippen molar-refractivity contribution in [2.45, 2.75) is 0 Å². The van der Waals surface area contributed by atoms with E-state index in [9.17, 15) is 4.91 Å². The van der Waals surface area contributed by atoms with Crippen LogP contribution in [0.3, 0.4) is 0 Å². The van der Waals surface area contributed by atoms with E-state index >= 15 is 0 Å². The lowest BCUT2D eigenvalue weighted by molar-refractivity contribution is 1.31. The highest BCUT2D eigenvalue weighted by atomic mass is 79.9. The lowest BCUT2D eigenvalue weighted by Gasteiger charge is -1.98. The molecule has 1 aromatic rings. The van der Waals surface area contributed by atoms with E-state index < -0.39 is 0 Å². The van der Waals surface area contributed by atoms with E-state index in [2.05, 4.69) is 42.6 Å². The second-order valence-electron chi connectivity index (χ2n) is 1.86. The molecule has 0 unspecified atom stereocenters. The molecular formula is C6H4Br2N2O. The molecular weight excluding hydrogens is 276 g/mol. The molecule has 1 aromatic carbocycles. The van der Waals surface area contributed by atoms with Crippen molar-refractivity contribution in [2.75, 3.05) is 5.43 Å². The van der Waals surface area contributed by atoms with Gasteiger partial charge < -0.3 is 0 Å². The van der Waals surface area contributed by atoms with Crippen LogP contribution < -0.4 is 5.43 Å². The average molecular weight is 280 g/mol. The van der Waals surface area contributed by atoms with Gasteiger partial charge in [-0.25, -0.2) is 5.43 Å². The zero-order chi connectivity index (χ0) is 8.27. The van der Waals surface area contributed by atoms with Crippen LogP contribution in [0.25, 0.3) is 0 Å². The molecule has 0 amide bonds. The van der Waals surface area contributed by atoms with Crippen LogP contribution in [-0.2, 0) is 0 Å². The first-order chi connectivity index (χ1) is 5.22. The first kappa shape index (κ1) is 8.67. The summed E-state index contributed by atoms with van der Waals surface area (Å²) in [4.78, 5) is 9.81. The number of hydrogen-bond acceptors (Lipinski definition) is 2. The van der Waals surface area contributed by atoms with Crippen molar-refractivity contribution >= 4 is 37.5 Å². The topological polar surface area (TPSA) is 41.5 Å². The zero-order valence-corrected chi connectivity index (χ0v) is 8.52. The Morgan fingerprint density at radius 3 is 2.18 bits per heavy atom. The van der Waals surface area contributed by atoms with Gasteiger partial charge in [0.2, 0.25) is 0 Å². The number of nitrogens with zero attached hydrogens (tertiary/aromatic N) is 1. The van der Waals surface area contributed by atoms with Gasteiger partial charge in [0, 0.05) is 8.95 Å². The quantitative estimate of drug-likeness (QED) is 0.667. The molecule has 5 heteroatoms. The molecule has 0 fully saturated rings. The summed E-state index contributed by atoms with van der Waals surface area (Å²) in [7, 11) is 0.